The number of carbonyl (C=O) groups excluding carboxylic acids is 1. The van der Waals surface area contributed by atoms with Gasteiger partial charge in [0.2, 0.25) is 5.91 Å². The lowest BCUT2D eigenvalue weighted by Crippen LogP contribution is -2.35. The molecule has 0 fully saturated rings. The number of nitrogens with zero attached hydrogens (tertiary/aromatic N) is 2. The van der Waals surface area contributed by atoms with Crippen molar-refractivity contribution in [3.8, 4) is 0 Å². The predicted octanol–water partition coefficient (Wildman–Crippen LogP) is 1.07. The summed E-state index contributed by atoms with van der Waals surface area (Å²) in [6, 6.07) is 0. The Labute approximate surface area is 102 Å². The quantitative estimate of drug-likeness (QED) is 0.836. The van der Waals surface area contributed by atoms with Crippen LogP contribution in [-0.2, 0) is 18.3 Å². The molecule has 1 amide bonds. The van der Waals surface area contributed by atoms with Crippen molar-refractivity contribution in [2.45, 2.75) is 19.5 Å². The summed E-state index contributed by atoms with van der Waals surface area (Å²) in [6.45, 7) is 0.297. The molecule has 5 nitrogen and oxygen atoms in total. The Hall–Kier alpha value is -1.57. The SMILES string of the molecule is CCc1nn(C)cc1NC(=O)CNCC(F)(F)F. The topological polar surface area (TPSA) is 59.0 Å². The van der Waals surface area contributed by atoms with E-state index in [9.17, 15) is 18.0 Å². The fourth-order valence-corrected chi connectivity index (χ4v) is 1.41. The van der Waals surface area contributed by atoms with Crippen LogP contribution < -0.4 is 10.6 Å². The highest BCUT2D eigenvalue weighted by Gasteiger charge is 2.26. The standard InChI is InChI=1S/C10H15F3N4O/c1-3-7-8(5-17(2)16-7)15-9(18)4-14-6-10(11,12)13/h5,14H,3-4,6H2,1-2H3,(H,15,18). The van der Waals surface area contributed by atoms with E-state index in [-0.39, 0.29) is 0 Å². The maximum Gasteiger partial charge on any atom is 0.401 e. The maximum atomic E-state index is 11.8. The monoisotopic (exact) mass is 264 g/mol. The second-order valence-corrected chi connectivity index (χ2v) is 3.78. The number of hydrogen-bond acceptors (Lipinski definition) is 3. The fourth-order valence-electron chi connectivity index (χ4n) is 1.41. The highest BCUT2D eigenvalue weighted by Crippen LogP contribution is 2.14. The Kier molecular flexibility index (Phi) is 4.71. The van der Waals surface area contributed by atoms with Crippen LogP contribution in [0.2, 0.25) is 0 Å². The number of anilines is 1. The Balaban J connectivity index is 2.44. The van der Waals surface area contributed by atoms with Gasteiger partial charge in [0, 0.05) is 13.2 Å². The first-order chi connectivity index (χ1) is 8.31. The van der Waals surface area contributed by atoms with E-state index < -0.39 is 25.2 Å². The summed E-state index contributed by atoms with van der Waals surface area (Å²) in [4.78, 5) is 11.4. The van der Waals surface area contributed by atoms with Crippen LogP contribution in [0.1, 0.15) is 12.6 Å². The van der Waals surface area contributed by atoms with Crippen molar-refractivity contribution in [2.24, 2.45) is 7.05 Å². The van der Waals surface area contributed by atoms with Crippen LogP contribution in [0, 0.1) is 0 Å². The summed E-state index contributed by atoms with van der Waals surface area (Å²) in [6.07, 6.45) is -2.07. The average Bonchev–Trinajstić information content (AvgIpc) is 2.56. The Morgan fingerprint density at radius 2 is 2.17 bits per heavy atom. The molecule has 2 N–H and O–H groups in total. The summed E-state index contributed by atoms with van der Waals surface area (Å²) in [5.41, 5.74) is 1.22. The van der Waals surface area contributed by atoms with Crippen LogP contribution in [0.25, 0.3) is 0 Å². The van der Waals surface area contributed by atoms with Crippen molar-refractivity contribution in [3.63, 3.8) is 0 Å². The van der Waals surface area contributed by atoms with Crippen molar-refractivity contribution in [2.75, 3.05) is 18.4 Å². The number of aryl methyl sites for hydroxylation is 2. The van der Waals surface area contributed by atoms with Crippen molar-refractivity contribution in [1.82, 2.24) is 15.1 Å². The van der Waals surface area contributed by atoms with Gasteiger partial charge in [0.15, 0.2) is 0 Å². The zero-order chi connectivity index (χ0) is 13.8. The minimum Gasteiger partial charge on any atom is -0.322 e. The number of alkyl halides is 3. The molecule has 1 heterocycles. The third kappa shape index (κ3) is 4.74. The summed E-state index contributed by atoms with van der Waals surface area (Å²) < 4.78 is 37.1. The molecule has 0 aliphatic carbocycles. The molecule has 0 aliphatic heterocycles. The number of rotatable bonds is 5. The first kappa shape index (κ1) is 14.5. The molecule has 18 heavy (non-hydrogen) atoms. The van der Waals surface area contributed by atoms with Gasteiger partial charge in [-0.05, 0) is 6.42 Å². The summed E-state index contributed by atoms with van der Waals surface area (Å²) in [5, 5.41) is 8.65. The van der Waals surface area contributed by atoms with Gasteiger partial charge in [-0.25, -0.2) is 0 Å². The molecule has 1 aromatic heterocycles. The van der Waals surface area contributed by atoms with Crippen LogP contribution in [0.5, 0.6) is 0 Å². The zero-order valence-electron chi connectivity index (χ0n) is 10.1. The molecular weight excluding hydrogens is 249 g/mol. The summed E-state index contributed by atoms with van der Waals surface area (Å²) >= 11 is 0. The molecule has 0 aromatic carbocycles. The van der Waals surface area contributed by atoms with Crippen molar-refractivity contribution >= 4 is 11.6 Å². The molecule has 1 aromatic rings. The number of nitrogens with one attached hydrogen (secondary N) is 2. The van der Waals surface area contributed by atoms with E-state index in [1.54, 1.807) is 13.2 Å². The first-order valence-corrected chi connectivity index (χ1v) is 5.41. The second-order valence-electron chi connectivity index (χ2n) is 3.78. The van der Waals surface area contributed by atoms with Crippen molar-refractivity contribution < 1.29 is 18.0 Å². The van der Waals surface area contributed by atoms with Gasteiger partial charge >= 0.3 is 6.18 Å². The van der Waals surface area contributed by atoms with Gasteiger partial charge < -0.3 is 10.6 Å². The predicted molar refractivity (Wildman–Crippen MR) is 60.1 cm³/mol. The smallest absolute Gasteiger partial charge is 0.322 e. The third-order valence-electron chi connectivity index (χ3n) is 2.13. The van der Waals surface area contributed by atoms with Gasteiger partial charge in [-0.2, -0.15) is 18.3 Å². The third-order valence-corrected chi connectivity index (χ3v) is 2.13. The Morgan fingerprint density at radius 1 is 1.50 bits per heavy atom. The average molecular weight is 264 g/mol. The van der Waals surface area contributed by atoms with Gasteiger partial charge in [-0.3, -0.25) is 9.48 Å². The summed E-state index contributed by atoms with van der Waals surface area (Å²) in [5.74, 6) is -0.526. The molecule has 0 saturated heterocycles. The van der Waals surface area contributed by atoms with E-state index >= 15 is 0 Å². The minimum atomic E-state index is -4.32. The van der Waals surface area contributed by atoms with Gasteiger partial charge in [0.05, 0.1) is 24.5 Å². The van der Waals surface area contributed by atoms with E-state index in [0.29, 0.717) is 17.8 Å². The number of carbonyl (C=O) groups is 1. The first-order valence-electron chi connectivity index (χ1n) is 5.41. The molecular formula is C10H15F3N4O. The molecule has 1 rings (SSSR count). The molecule has 0 radical (unpaired) electrons. The highest BCUT2D eigenvalue weighted by molar-refractivity contribution is 5.92. The zero-order valence-corrected chi connectivity index (χ0v) is 10.1. The van der Waals surface area contributed by atoms with Crippen molar-refractivity contribution in [1.29, 1.82) is 0 Å². The molecule has 0 aliphatic rings. The Morgan fingerprint density at radius 3 is 2.72 bits per heavy atom. The van der Waals surface area contributed by atoms with Crippen LogP contribution in [0.4, 0.5) is 18.9 Å². The van der Waals surface area contributed by atoms with Crippen LogP contribution >= 0.6 is 0 Å². The second kappa shape index (κ2) is 5.85. The largest absolute Gasteiger partial charge is 0.401 e. The Bertz CT molecular complexity index is 414. The van der Waals surface area contributed by atoms with E-state index in [0.717, 1.165) is 0 Å². The number of hydrogen-bond donors (Lipinski definition) is 2. The van der Waals surface area contributed by atoms with Gasteiger partial charge in [0.1, 0.15) is 0 Å². The highest BCUT2D eigenvalue weighted by atomic mass is 19.4. The molecule has 0 unspecified atom stereocenters. The van der Waals surface area contributed by atoms with Crippen LogP contribution in [0.15, 0.2) is 6.20 Å². The minimum absolute atomic E-state index is 0.391. The maximum absolute atomic E-state index is 11.8. The number of aromatic nitrogens is 2. The lowest BCUT2D eigenvalue weighted by molar-refractivity contribution is -0.126. The molecule has 0 saturated carbocycles. The molecule has 0 spiro atoms. The normalized spacial score (nSPS) is 11.6. The van der Waals surface area contributed by atoms with E-state index in [4.69, 9.17) is 0 Å². The summed E-state index contributed by atoms with van der Waals surface area (Å²) in [7, 11) is 1.71. The molecule has 102 valence electrons. The van der Waals surface area contributed by atoms with Crippen molar-refractivity contribution in [3.05, 3.63) is 11.9 Å². The molecule has 8 heteroatoms. The number of halogens is 3. The van der Waals surface area contributed by atoms with Gasteiger partial charge in [-0.1, -0.05) is 6.92 Å². The van der Waals surface area contributed by atoms with E-state index in [1.165, 1.54) is 4.68 Å². The van der Waals surface area contributed by atoms with Gasteiger partial charge in [0.25, 0.3) is 0 Å². The number of amides is 1. The lowest BCUT2D eigenvalue weighted by atomic mass is 10.3. The van der Waals surface area contributed by atoms with Crippen LogP contribution in [-0.4, -0.2) is 35.0 Å². The van der Waals surface area contributed by atoms with E-state index in [2.05, 4.69) is 10.4 Å². The van der Waals surface area contributed by atoms with Gasteiger partial charge in [-0.15, -0.1) is 0 Å². The fraction of sp³-hybridized carbons (Fsp3) is 0.600. The lowest BCUT2D eigenvalue weighted by Gasteiger charge is -2.08. The molecule has 0 atom stereocenters. The van der Waals surface area contributed by atoms with E-state index in [1.807, 2.05) is 12.2 Å². The van der Waals surface area contributed by atoms with Crippen LogP contribution in [0.3, 0.4) is 0 Å². The molecule has 0 bridgehead atoms.